The van der Waals surface area contributed by atoms with E-state index in [0.717, 1.165) is 6.54 Å². The van der Waals surface area contributed by atoms with Crippen molar-refractivity contribution < 1.29 is 9.18 Å². The predicted octanol–water partition coefficient (Wildman–Crippen LogP) is 1.55. The Morgan fingerprint density at radius 3 is 2.79 bits per heavy atom. The van der Waals surface area contributed by atoms with Crippen LogP contribution in [0.25, 0.3) is 0 Å². The molecular weight excluding hydrogens is 181 g/mol. The lowest BCUT2D eigenvalue weighted by molar-refractivity contribution is -0.117. The minimum Gasteiger partial charge on any atom is -0.310 e. The number of rotatable bonds is 5. The maximum absolute atomic E-state index is 13.1. The van der Waals surface area contributed by atoms with Gasteiger partial charge >= 0.3 is 0 Å². The Bertz CT molecular complexity index is 312. The van der Waals surface area contributed by atoms with Crippen molar-refractivity contribution in [3.63, 3.8) is 0 Å². The molecule has 0 aliphatic rings. The first kappa shape index (κ1) is 10.9. The SMILES string of the molecule is CCNCC(=O)Cc1ccccc1F. The zero-order valence-corrected chi connectivity index (χ0v) is 8.22. The van der Waals surface area contributed by atoms with Gasteiger partial charge in [-0.15, -0.1) is 0 Å². The lowest BCUT2D eigenvalue weighted by atomic mass is 10.1. The van der Waals surface area contributed by atoms with Gasteiger partial charge in [-0.2, -0.15) is 0 Å². The van der Waals surface area contributed by atoms with Gasteiger partial charge in [-0.1, -0.05) is 25.1 Å². The van der Waals surface area contributed by atoms with Crippen LogP contribution in [0.3, 0.4) is 0 Å². The Morgan fingerprint density at radius 2 is 2.14 bits per heavy atom. The monoisotopic (exact) mass is 195 g/mol. The molecule has 0 radical (unpaired) electrons. The van der Waals surface area contributed by atoms with Crippen LogP contribution in [0.1, 0.15) is 12.5 Å². The Hall–Kier alpha value is -1.22. The zero-order valence-electron chi connectivity index (χ0n) is 8.22. The van der Waals surface area contributed by atoms with Gasteiger partial charge in [0.2, 0.25) is 0 Å². The van der Waals surface area contributed by atoms with Crippen LogP contribution in [0.2, 0.25) is 0 Å². The summed E-state index contributed by atoms with van der Waals surface area (Å²) in [6.45, 7) is 2.99. The lowest BCUT2D eigenvalue weighted by Gasteiger charge is -2.02. The summed E-state index contributed by atoms with van der Waals surface area (Å²) in [5, 5.41) is 2.92. The number of benzene rings is 1. The number of ketones is 1. The molecule has 1 aromatic rings. The summed E-state index contributed by atoms with van der Waals surface area (Å²) in [4.78, 5) is 11.3. The molecule has 0 saturated heterocycles. The maximum atomic E-state index is 13.1. The number of hydrogen-bond acceptors (Lipinski definition) is 2. The first-order valence-electron chi connectivity index (χ1n) is 4.70. The number of nitrogens with one attached hydrogen (secondary N) is 1. The highest BCUT2D eigenvalue weighted by molar-refractivity contribution is 5.82. The van der Waals surface area contributed by atoms with E-state index in [9.17, 15) is 9.18 Å². The van der Waals surface area contributed by atoms with Gasteiger partial charge in [-0.05, 0) is 18.2 Å². The second-order valence-corrected chi connectivity index (χ2v) is 3.09. The van der Waals surface area contributed by atoms with Crippen LogP contribution in [0.4, 0.5) is 4.39 Å². The number of carbonyl (C=O) groups is 1. The second kappa shape index (κ2) is 5.50. The van der Waals surface area contributed by atoms with Crippen molar-refractivity contribution in [1.82, 2.24) is 5.32 Å². The predicted molar refractivity (Wildman–Crippen MR) is 53.7 cm³/mol. The van der Waals surface area contributed by atoms with E-state index in [1.54, 1.807) is 18.2 Å². The first-order valence-corrected chi connectivity index (χ1v) is 4.70. The molecule has 0 bridgehead atoms. The average molecular weight is 195 g/mol. The van der Waals surface area contributed by atoms with Crippen molar-refractivity contribution in [3.05, 3.63) is 35.6 Å². The number of likely N-dealkylation sites (N-methyl/N-ethyl adjacent to an activating group) is 1. The Balaban J connectivity index is 2.52. The third-order valence-electron chi connectivity index (χ3n) is 1.92. The fraction of sp³-hybridized carbons (Fsp3) is 0.364. The van der Waals surface area contributed by atoms with Gasteiger partial charge in [-0.25, -0.2) is 4.39 Å². The molecular formula is C11H14FNO. The van der Waals surface area contributed by atoms with E-state index in [4.69, 9.17) is 0 Å². The zero-order chi connectivity index (χ0) is 10.4. The summed E-state index contributed by atoms with van der Waals surface area (Å²) >= 11 is 0. The van der Waals surface area contributed by atoms with Crippen LogP contribution in [0.15, 0.2) is 24.3 Å². The molecule has 0 aromatic heterocycles. The third kappa shape index (κ3) is 3.26. The normalized spacial score (nSPS) is 10.1. The van der Waals surface area contributed by atoms with Crippen LogP contribution in [-0.4, -0.2) is 18.9 Å². The highest BCUT2D eigenvalue weighted by atomic mass is 19.1. The lowest BCUT2D eigenvalue weighted by Crippen LogP contribution is -2.24. The Morgan fingerprint density at radius 1 is 1.43 bits per heavy atom. The molecule has 1 aromatic carbocycles. The maximum Gasteiger partial charge on any atom is 0.151 e. The number of halogens is 1. The van der Waals surface area contributed by atoms with Crippen molar-refractivity contribution in [2.24, 2.45) is 0 Å². The molecule has 0 amide bonds. The van der Waals surface area contributed by atoms with Gasteiger partial charge in [0, 0.05) is 6.42 Å². The van der Waals surface area contributed by atoms with Crippen molar-refractivity contribution in [1.29, 1.82) is 0 Å². The van der Waals surface area contributed by atoms with Crippen molar-refractivity contribution >= 4 is 5.78 Å². The van der Waals surface area contributed by atoms with Crippen LogP contribution in [0.5, 0.6) is 0 Å². The fourth-order valence-electron chi connectivity index (χ4n) is 1.18. The van der Waals surface area contributed by atoms with E-state index in [1.165, 1.54) is 6.07 Å². The van der Waals surface area contributed by atoms with Gasteiger partial charge in [0.15, 0.2) is 5.78 Å². The smallest absolute Gasteiger partial charge is 0.151 e. The molecule has 0 aliphatic carbocycles. The van der Waals surface area contributed by atoms with E-state index in [2.05, 4.69) is 5.32 Å². The first-order chi connectivity index (χ1) is 6.74. The van der Waals surface area contributed by atoms with E-state index in [1.807, 2.05) is 6.92 Å². The van der Waals surface area contributed by atoms with Crippen molar-refractivity contribution in [2.45, 2.75) is 13.3 Å². The van der Waals surface area contributed by atoms with E-state index < -0.39 is 0 Å². The highest BCUT2D eigenvalue weighted by Gasteiger charge is 2.06. The summed E-state index contributed by atoms with van der Waals surface area (Å²) in [6, 6.07) is 6.36. The molecule has 0 aliphatic heterocycles. The summed E-state index contributed by atoms with van der Waals surface area (Å²) < 4.78 is 13.1. The standard InChI is InChI=1S/C11H14FNO/c1-2-13-8-10(14)7-9-5-3-4-6-11(9)12/h3-6,13H,2,7-8H2,1H3. The van der Waals surface area contributed by atoms with Crippen molar-refractivity contribution in [2.75, 3.05) is 13.1 Å². The van der Waals surface area contributed by atoms with Gasteiger partial charge in [-0.3, -0.25) is 4.79 Å². The Kier molecular flexibility index (Phi) is 4.26. The molecule has 0 fully saturated rings. The Labute approximate surface area is 83.1 Å². The summed E-state index contributed by atoms with van der Waals surface area (Å²) in [6.07, 6.45) is 0.166. The quantitative estimate of drug-likeness (QED) is 0.772. The van der Waals surface area contributed by atoms with E-state index in [0.29, 0.717) is 12.1 Å². The largest absolute Gasteiger partial charge is 0.310 e. The fourth-order valence-corrected chi connectivity index (χ4v) is 1.18. The molecule has 1 rings (SSSR count). The highest BCUT2D eigenvalue weighted by Crippen LogP contribution is 2.06. The van der Waals surface area contributed by atoms with Crippen molar-refractivity contribution in [3.8, 4) is 0 Å². The minimum absolute atomic E-state index is 0.0111. The van der Waals surface area contributed by atoms with E-state index >= 15 is 0 Å². The molecule has 0 spiro atoms. The number of Topliss-reactive ketones (excluding diaryl/α,β-unsaturated/α-hetero) is 1. The van der Waals surface area contributed by atoms with Gasteiger partial charge in [0.05, 0.1) is 6.54 Å². The molecule has 76 valence electrons. The molecule has 14 heavy (non-hydrogen) atoms. The van der Waals surface area contributed by atoms with Gasteiger partial charge < -0.3 is 5.32 Å². The molecule has 0 atom stereocenters. The average Bonchev–Trinajstić information content (AvgIpc) is 2.18. The third-order valence-corrected chi connectivity index (χ3v) is 1.92. The van der Waals surface area contributed by atoms with Crippen LogP contribution in [-0.2, 0) is 11.2 Å². The van der Waals surface area contributed by atoms with Crippen LogP contribution < -0.4 is 5.32 Å². The van der Waals surface area contributed by atoms with E-state index in [-0.39, 0.29) is 18.0 Å². The van der Waals surface area contributed by atoms with Gasteiger partial charge in [0.25, 0.3) is 0 Å². The molecule has 0 saturated carbocycles. The minimum atomic E-state index is -0.308. The van der Waals surface area contributed by atoms with Gasteiger partial charge in [0.1, 0.15) is 5.82 Å². The molecule has 0 unspecified atom stereocenters. The van der Waals surface area contributed by atoms with Crippen LogP contribution in [0, 0.1) is 5.82 Å². The summed E-state index contributed by atoms with van der Waals surface area (Å²) in [5.74, 6) is -0.297. The summed E-state index contributed by atoms with van der Waals surface area (Å²) in [7, 11) is 0. The molecule has 0 heterocycles. The van der Waals surface area contributed by atoms with Crippen LogP contribution >= 0.6 is 0 Å². The summed E-state index contributed by atoms with van der Waals surface area (Å²) in [5.41, 5.74) is 0.468. The molecule has 2 nitrogen and oxygen atoms in total. The molecule has 1 N–H and O–H groups in total. The number of hydrogen-bond donors (Lipinski definition) is 1. The molecule has 3 heteroatoms. The second-order valence-electron chi connectivity index (χ2n) is 3.09. The topological polar surface area (TPSA) is 29.1 Å². The number of carbonyl (C=O) groups excluding carboxylic acids is 1.